The lowest BCUT2D eigenvalue weighted by atomic mass is 10.2. The highest BCUT2D eigenvalue weighted by Crippen LogP contribution is 2.08. The Morgan fingerprint density at radius 1 is 1.21 bits per heavy atom. The molecule has 2 rings (SSSR count). The van der Waals surface area contributed by atoms with E-state index in [9.17, 15) is 9.59 Å². The molecule has 6 nitrogen and oxygen atoms in total. The van der Waals surface area contributed by atoms with Crippen LogP contribution < -0.4 is 5.56 Å². The molecule has 1 aromatic heterocycles. The molecule has 0 aromatic carbocycles. The third-order valence-electron chi connectivity index (χ3n) is 3.51. The molecule has 1 fully saturated rings. The summed E-state index contributed by atoms with van der Waals surface area (Å²) in [6.07, 6.45) is 0. The molecule has 0 aliphatic carbocycles. The molecule has 6 heteroatoms. The van der Waals surface area contributed by atoms with Gasteiger partial charge in [-0.3, -0.25) is 14.5 Å². The summed E-state index contributed by atoms with van der Waals surface area (Å²) in [5.41, 5.74) is 0.126. The highest BCUT2D eigenvalue weighted by Gasteiger charge is 2.24. The zero-order valence-corrected chi connectivity index (χ0v) is 11.7. The minimum absolute atomic E-state index is 0.0981. The Balaban J connectivity index is 2.05. The maximum absolute atomic E-state index is 12.3. The topological polar surface area (TPSA) is 58.4 Å². The second-order valence-corrected chi connectivity index (χ2v) is 5.10. The summed E-state index contributed by atoms with van der Waals surface area (Å²) in [7, 11) is 1.55. The number of amides is 1. The fraction of sp³-hybridized carbons (Fsp3) is 0.615. The fourth-order valence-corrected chi connectivity index (χ4v) is 2.22. The van der Waals surface area contributed by atoms with Gasteiger partial charge in [0.05, 0.1) is 0 Å². The summed E-state index contributed by atoms with van der Waals surface area (Å²) in [5, 5.41) is 4.00. The molecule has 0 saturated carbocycles. The molecule has 0 unspecified atom stereocenters. The molecule has 19 heavy (non-hydrogen) atoms. The number of carbonyl (C=O) groups excluding carboxylic acids is 1. The molecule has 0 spiro atoms. The van der Waals surface area contributed by atoms with Crippen LogP contribution in [-0.4, -0.2) is 57.7 Å². The van der Waals surface area contributed by atoms with E-state index in [-0.39, 0.29) is 11.5 Å². The van der Waals surface area contributed by atoms with Crippen molar-refractivity contribution < 1.29 is 4.79 Å². The van der Waals surface area contributed by atoms with Crippen molar-refractivity contribution in [2.24, 2.45) is 7.05 Å². The molecule has 0 N–H and O–H groups in total. The van der Waals surface area contributed by atoms with Gasteiger partial charge in [0.1, 0.15) is 5.69 Å². The van der Waals surface area contributed by atoms with Gasteiger partial charge in [0, 0.05) is 45.3 Å². The van der Waals surface area contributed by atoms with Crippen LogP contribution in [0.3, 0.4) is 0 Å². The van der Waals surface area contributed by atoms with Crippen molar-refractivity contribution in [1.29, 1.82) is 0 Å². The van der Waals surface area contributed by atoms with Crippen molar-refractivity contribution >= 4 is 5.91 Å². The van der Waals surface area contributed by atoms with E-state index >= 15 is 0 Å². The molecule has 104 valence electrons. The second kappa shape index (κ2) is 5.52. The monoisotopic (exact) mass is 264 g/mol. The van der Waals surface area contributed by atoms with Crippen molar-refractivity contribution in [3.05, 3.63) is 28.2 Å². The van der Waals surface area contributed by atoms with Crippen LogP contribution in [0.4, 0.5) is 0 Å². The predicted molar refractivity (Wildman–Crippen MR) is 72.1 cm³/mol. The normalized spacial score (nSPS) is 16.9. The Bertz CT molecular complexity index is 516. The molecule has 1 amide bonds. The fourth-order valence-electron chi connectivity index (χ4n) is 2.22. The van der Waals surface area contributed by atoms with Crippen molar-refractivity contribution in [1.82, 2.24) is 19.6 Å². The van der Waals surface area contributed by atoms with Gasteiger partial charge in [0.15, 0.2) is 0 Å². The van der Waals surface area contributed by atoms with Crippen LogP contribution >= 0.6 is 0 Å². The summed E-state index contributed by atoms with van der Waals surface area (Å²) in [6.45, 7) is 7.51. The highest BCUT2D eigenvalue weighted by atomic mass is 16.2. The van der Waals surface area contributed by atoms with Crippen molar-refractivity contribution in [2.75, 3.05) is 26.2 Å². The van der Waals surface area contributed by atoms with E-state index in [1.54, 1.807) is 11.9 Å². The molecule has 1 aliphatic heterocycles. The lowest BCUT2D eigenvalue weighted by molar-refractivity contribution is 0.0587. The van der Waals surface area contributed by atoms with Crippen molar-refractivity contribution in [3.63, 3.8) is 0 Å². The Morgan fingerprint density at radius 2 is 1.84 bits per heavy atom. The van der Waals surface area contributed by atoms with Crippen LogP contribution in [-0.2, 0) is 7.05 Å². The van der Waals surface area contributed by atoms with Crippen LogP contribution in [0.15, 0.2) is 16.9 Å². The zero-order valence-electron chi connectivity index (χ0n) is 11.7. The SMILES string of the molecule is CC(C)N1CCN(C(=O)c2ccc(=O)n(C)n2)CC1. The number of rotatable bonds is 2. The molecule has 0 atom stereocenters. The minimum Gasteiger partial charge on any atom is -0.335 e. The number of aromatic nitrogens is 2. The van der Waals surface area contributed by atoms with E-state index in [4.69, 9.17) is 0 Å². The largest absolute Gasteiger partial charge is 0.335 e. The van der Waals surface area contributed by atoms with Gasteiger partial charge in [-0.2, -0.15) is 5.10 Å². The quantitative estimate of drug-likeness (QED) is 0.751. The van der Waals surface area contributed by atoms with Crippen LogP contribution in [0, 0.1) is 0 Å². The highest BCUT2D eigenvalue weighted by molar-refractivity contribution is 5.92. The molecule has 1 saturated heterocycles. The lowest BCUT2D eigenvalue weighted by Gasteiger charge is -2.36. The van der Waals surface area contributed by atoms with E-state index in [0.29, 0.717) is 24.8 Å². The van der Waals surface area contributed by atoms with E-state index in [0.717, 1.165) is 13.1 Å². The number of hydrogen-bond donors (Lipinski definition) is 0. The van der Waals surface area contributed by atoms with Crippen molar-refractivity contribution in [2.45, 2.75) is 19.9 Å². The van der Waals surface area contributed by atoms with Gasteiger partial charge in [-0.1, -0.05) is 0 Å². The van der Waals surface area contributed by atoms with Gasteiger partial charge in [0.25, 0.3) is 11.5 Å². The first kappa shape index (κ1) is 13.7. The molecule has 0 radical (unpaired) electrons. The van der Waals surface area contributed by atoms with Gasteiger partial charge < -0.3 is 4.90 Å². The van der Waals surface area contributed by atoms with Gasteiger partial charge in [-0.05, 0) is 19.9 Å². The first-order valence-corrected chi connectivity index (χ1v) is 6.56. The van der Waals surface area contributed by atoms with Gasteiger partial charge >= 0.3 is 0 Å². The van der Waals surface area contributed by atoms with Crippen LogP contribution in [0.1, 0.15) is 24.3 Å². The Hall–Kier alpha value is -1.69. The summed E-state index contributed by atoms with van der Waals surface area (Å²) in [6, 6.07) is 3.39. The number of piperazine rings is 1. The van der Waals surface area contributed by atoms with Crippen LogP contribution in [0.25, 0.3) is 0 Å². The average molecular weight is 264 g/mol. The van der Waals surface area contributed by atoms with Crippen LogP contribution in [0.2, 0.25) is 0 Å². The predicted octanol–water partition coefficient (Wildman–Crippen LogP) is -0.0535. The summed E-state index contributed by atoms with van der Waals surface area (Å²) in [5.74, 6) is -0.0981. The number of nitrogens with zero attached hydrogens (tertiary/aromatic N) is 4. The number of aryl methyl sites for hydroxylation is 1. The number of hydrogen-bond acceptors (Lipinski definition) is 4. The van der Waals surface area contributed by atoms with Gasteiger partial charge in [0.2, 0.25) is 0 Å². The standard InChI is InChI=1S/C13H20N4O2/c1-10(2)16-6-8-17(9-7-16)13(19)11-4-5-12(18)15(3)14-11/h4-5,10H,6-9H2,1-3H3. The number of carbonyl (C=O) groups is 1. The lowest BCUT2D eigenvalue weighted by Crippen LogP contribution is -2.51. The van der Waals surface area contributed by atoms with E-state index < -0.39 is 0 Å². The summed E-state index contributed by atoms with van der Waals surface area (Å²) >= 11 is 0. The first-order valence-electron chi connectivity index (χ1n) is 6.56. The molecule has 1 aliphatic rings. The molecule has 0 bridgehead atoms. The van der Waals surface area contributed by atoms with Crippen LogP contribution in [0.5, 0.6) is 0 Å². The smallest absolute Gasteiger partial charge is 0.274 e. The molecule has 1 aromatic rings. The molecule has 2 heterocycles. The Labute approximate surface area is 112 Å². The van der Waals surface area contributed by atoms with Gasteiger partial charge in [-0.15, -0.1) is 0 Å². The summed E-state index contributed by atoms with van der Waals surface area (Å²) in [4.78, 5) is 27.7. The van der Waals surface area contributed by atoms with Gasteiger partial charge in [-0.25, -0.2) is 4.68 Å². The third kappa shape index (κ3) is 3.01. The Morgan fingerprint density at radius 3 is 2.37 bits per heavy atom. The zero-order chi connectivity index (χ0) is 14.0. The third-order valence-corrected chi connectivity index (χ3v) is 3.51. The maximum Gasteiger partial charge on any atom is 0.274 e. The Kier molecular flexibility index (Phi) is 3.99. The molecular weight excluding hydrogens is 244 g/mol. The second-order valence-electron chi connectivity index (χ2n) is 5.10. The molecular formula is C13H20N4O2. The first-order chi connectivity index (χ1) is 8.99. The average Bonchev–Trinajstić information content (AvgIpc) is 2.41. The maximum atomic E-state index is 12.3. The minimum atomic E-state index is -0.207. The van der Waals surface area contributed by atoms with E-state index in [2.05, 4.69) is 23.8 Å². The van der Waals surface area contributed by atoms with E-state index in [1.807, 2.05) is 0 Å². The van der Waals surface area contributed by atoms with E-state index in [1.165, 1.54) is 16.8 Å². The van der Waals surface area contributed by atoms with Crippen molar-refractivity contribution in [3.8, 4) is 0 Å². The summed E-state index contributed by atoms with van der Waals surface area (Å²) < 4.78 is 1.19.